The van der Waals surface area contributed by atoms with Crippen molar-refractivity contribution in [2.75, 3.05) is 38.2 Å². The average Bonchev–Trinajstić information content (AvgIpc) is 3.30. The van der Waals surface area contributed by atoms with Crippen LogP contribution in [0.25, 0.3) is 11.0 Å². The van der Waals surface area contributed by atoms with Crippen LogP contribution in [-0.2, 0) is 9.53 Å². The minimum atomic E-state index is -0.609. The molecule has 1 fully saturated rings. The van der Waals surface area contributed by atoms with Crippen molar-refractivity contribution in [3.63, 3.8) is 0 Å². The Bertz CT molecular complexity index is 1220. The molecule has 5 rings (SSSR count). The van der Waals surface area contributed by atoms with Crippen molar-refractivity contribution >= 4 is 40.3 Å². The van der Waals surface area contributed by atoms with E-state index in [0.29, 0.717) is 37.3 Å². The number of rotatable bonds is 4. The number of nitrogens with one attached hydrogen (secondary N) is 1. The molecular formula is C23H19N3O6. The van der Waals surface area contributed by atoms with E-state index >= 15 is 0 Å². The number of hydrogen-bond acceptors (Lipinski definition) is 6. The highest BCUT2D eigenvalue weighted by Gasteiger charge is 2.37. The molecule has 0 spiro atoms. The molecule has 9 heteroatoms. The number of ether oxygens (including phenoxy) is 1. The van der Waals surface area contributed by atoms with Crippen molar-refractivity contribution in [3.05, 3.63) is 65.4 Å². The molecule has 0 atom stereocenters. The second-order valence-electron chi connectivity index (χ2n) is 7.50. The van der Waals surface area contributed by atoms with Crippen LogP contribution in [0.15, 0.2) is 52.9 Å². The van der Waals surface area contributed by atoms with Gasteiger partial charge < -0.3 is 19.4 Å². The normalized spacial score (nSPS) is 15.9. The fourth-order valence-electron chi connectivity index (χ4n) is 3.94. The van der Waals surface area contributed by atoms with Gasteiger partial charge in [0.05, 0.1) is 24.3 Å². The van der Waals surface area contributed by atoms with E-state index in [1.807, 2.05) is 0 Å². The third-order valence-electron chi connectivity index (χ3n) is 5.53. The minimum absolute atomic E-state index is 0.00353. The number of furan rings is 1. The number of nitrogens with zero attached hydrogens (tertiary/aromatic N) is 2. The summed E-state index contributed by atoms with van der Waals surface area (Å²) >= 11 is 0. The Morgan fingerprint density at radius 2 is 1.53 bits per heavy atom. The standard InChI is InChI=1S/C23H19N3O6/c27-18(13-26-21(28)14-5-1-2-6-15(14)22(26)29)24-19-16-7-3-4-8-17(16)32-20(19)23(30)25-9-11-31-12-10-25/h1-8H,9-13H2,(H,24,27). The van der Waals surface area contributed by atoms with Gasteiger partial charge in [0.2, 0.25) is 11.7 Å². The van der Waals surface area contributed by atoms with Gasteiger partial charge in [-0.25, -0.2) is 0 Å². The zero-order valence-corrected chi connectivity index (χ0v) is 17.0. The van der Waals surface area contributed by atoms with E-state index in [9.17, 15) is 19.2 Å². The zero-order chi connectivity index (χ0) is 22.2. The quantitative estimate of drug-likeness (QED) is 0.632. The first-order valence-electron chi connectivity index (χ1n) is 10.2. The third kappa shape index (κ3) is 3.32. The van der Waals surface area contributed by atoms with Crippen molar-refractivity contribution in [2.45, 2.75) is 0 Å². The van der Waals surface area contributed by atoms with Crippen LogP contribution in [0.3, 0.4) is 0 Å². The van der Waals surface area contributed by atoms with Gasteiger partial charge in [-0.1, -0.05) is 24.3 Å². The second-order valence-corrected chi connectivity index (χ2v) is 7.50. The SMILES string of the molecule is O=C(CN1C(=O)c2ccccc2C1=O)Nc1c(C(=O)N2CCOCC2)oc2ccccc12. The van der Waals surface area contributed by atoms with Gasteiger partial charge in [-0.2, -0.15) is 0 Å². The first-order chi connectivity index (χ1) is 15.5. The molecule has 4 amide bonds. The predicted molar refractivity (Wildman–Crippen MR) is 113 cm³/mol. The first-order valence-corrected chi connectivity index (χ1v) is 10.2. The lowest BCUT2D eigenvalue weighted by Gasteiger charge is -2.26. The van der Waals surface area contributed by atoms with Crippen LogP contribution < -0.4 is 5.32 Å². The van der Waals surface area contributed by atoms with Crippen molar-refractivity contribution in [1.29, 1.82) is 0 Å². The van der Waals surface area contributed by atoms with E-state index in [2.05, 4.69) is 5.32 Å². The summed E-state index contributed by atoms with van der Waals surface area (Å²) in [5, 5.41) is 3.25. The molecule has 1 saturated heterocycles. The van der Waals surface area contributed by atoms with E-state index < -0.39 is 24.3 Å². The molecule has 0 bridgehead atoms. The largest absolute Gasteiger partial charge is 0.449 e. The molecular weight excluding hydrogens is 414 g/mol. The van der Waals surface area contributed by atoms with E-state index in [0.717, 1.165) is 4.90 Å². The molecule has 32 heavy (non-hydrogen) atoms. The van der Waals surface area contributed by atoms with Gasteiger partial charge in [-0.15, -0.1) is 0 Å². The molecule has 1 aromatic heterocycles. The van der Waals surface area contributed by atoms with Crippen LogP contribution in [0.1, 0.15) is 31.3 Å². The number of imide groups is 1. The highest BCUT2D eigenvalue weighted by molar-refractivity contribution is 6.23. The molecule has 2 aliphatic heterocycles. The summed E-state index contributed by atoms with van der Waals surface area (Å²) in [5.41, 5.74) is 1.20. The smallest absolute Gasteiger partial charge is 0.291 e. The first kappa shape index (κ1) is 20.0. The lowest BCUT2D eigenvalue weighted by Crippen LogP contribution is -2.41. The molecule has 2 aromatic carbocycles. The van der Waals surface area contributed by atoms with E-state index in [1.54, 1.807) is 53.4 Å². The summed E-state index contributed by atoms with van der Waals surface area (Å²) in [5.74, 6) is -2.02. The molecule has 0 unspecified atom stereocenters. The topological polar surface area (TPSA) is 109 Å². The second kappa shape index (κ2) is 7.93. The predicted octanol–water partition coefficient (Wildman–Crippen LogP) is 2.14. The fourth-order valence-corrected chi connectivity index (χ4v) is 3.94. The van der Waals surface area contributed by atoms with Crippen LogP contribution >= 0.6 is 0 Å². The van der Waals surface area contributed by atoms with Gasteiger partial charge >= 0.3 is 0 Å². The van der Waals surface area contributed by atoms with Crippen LogP contribution in [0, 0.1) is 0 Å². The molecule has 9 nitrogen and oxygen atoms in total. The maximum Gasteiger partial charge on any atom is 0.291 e. The summed E-state index contributed by atoms with van der Waals surface area (Å²) in [6.45, 7) is 1.20. The monoisotopic (exact) mass is 433 g/mol. The third-order valence-corrected chi connectivity index (χ3v) is 5.53. The van der Waals surface area contributed by atoms with Gasteiger partial charge in [0.15, 0.2) is 0 Å². The number of morpholine rings is 1. The number of hydrogen-bond donors (Lipinski definition) is 1. The molecule has 1 N–H and O–H groups in total. The maximum absolute atomic E-state index is 13.1. The molecule has 162 valence electrons. The van der Waals surface area contributed by atoms with Crippen LogP contribution in [0.2, 0.25) is 0 Å². The molecule has 2 aliphatic rings. The number of anilines is 1. The van der Waals surface area contributed by atoms with E-state index in [1.165, 1.54) is 0 Å². The van der Waals surface area contributed by atoms with Crippen molar-refractivity contribution < 1.29 is 28.3 Å². The summed E-state index contributed by atoms with van der Waals surface area (Å²) in [6, 6.07) is 13.4. The molecule has 0 saturated carbocycles. The molecule has 0 aliphatic carbocycles. The Balaban J connectivity index is 1.41. The molecule has 0 radical (unpaired) electrons. The van der Waals surface area contributed by atoms with Crippen LogP contribution in [0.4, 0.5) is 5.69 Å². The van der Waals surface area contributed by atoms with E-state index in [4.69, 9.17) is 9.15 Å². The Labute approximate surface area is 182 Å². The van der Waals surface area contributed by atoms with Crippen molar-refractivity contribution in [2.24, 2.45) is 0 Å². The van der Waals surface area contributed by atoms with Crippen LogP contribution in [0.5, 0.6) is 0 Å². The Morgan fingerprint density at radius 3 is 2.22 bits per heavy atom. The summed E-state index contributed by atoms with van der Waals surface area (Å²) in [6.07, 6.45) is 0. The van der Waals surface area contributed by atoms with Gasteiger partial charge in [0.1, 0.15) is 17.8 Å². The summed E-state index contributed by atoms with van der Waals surface area (Å²) in [7, 11) is 0. The Kier molecular flexibility index (Phi) is 4.95. The number of carbonyl (C=O) groups excluding carboxylic acids is 4. The zero-order valence-electron chi connectivity index (χ0n) is 17.0. The summed E-state index contributed by atoms with van der Waals surface area (Å²) < 4.78 is 11.1. The van der Waals surface area contributed by atoms with Gasteiger partial charge in [-0.05, 0) is 24.3 Å². The number of para-hydroxylation sites is 1. The molecule has 3 heterocycles. The lowest BCUT2D eigenvalue weighted by atomic mass is 10.1. The lowest BCUT2D eigenvalue weighted by molar-refractivity contribution is -0.116. The Hall–Kier alpha value is -3.98. The maximum atomic E-state index is 13.1. The number of fused-ring (bicyclic) bond motifs is 2. The van der Waals surface area contributed by atoms with Crippen molar-refractivity contribution in [3.8, 4) is 0 Å². The Morgan fingerprint density at radius 1 is 0.906 bits per heavy atom. The number of carbonyl (C=O) groups is 4. The van der Waals surface area contributed by atoms with Gasteiger partial charge in [0.25, 0.3) is 17.7 Å². The average molecular weight is 433 g/mol. The van der Waals surface area contributed by atoms with Gasteiger partial charge in [0, 0.05) is 18.5 Å². The minimum Gasteiger partial charge on any atom is -0.449 e. The fraction of sp³-hybridized carbons (Fsp3) is 0.217. The number of benzene rings is 2. The number of amides is 4. The highest BCUT2D eigenvalue weighted by Crippen LogP contribution is 2.32. The molecule has 3 aromatic rings. The van der Waals surface area contributed by atoms with Crippen LogP contribution in [-0.4, -0.2) is 66.3 Å². The van der Waals surface area contributed by atoms with Crippen molar-refractivity contribution in [1.82, 2.24) is 9.80 Å². The van der Waals surface area contributed by atoms with E-state index in [-0.39, 0.29) is 28.5 Å². The van der Waals surface area contributed by atoms with Gasteiger partial charge in [-0.3, -0.25) is 24.1 Å². The summed E-state index contributed by atoms with van der Waals surface area (Å²) in [4.78, 5) is 53.6. The highest BCUT2D eigenvalue weighted by atomic mass is 16.5.